The quantitative estimate of drug-likeness (QED) is 0.535. The van der Waals surface area contributed by atoms with Crippen LogP contribution in [0.2, 0.25) is 0 Å². The molecule has 0 saturated carbocycles. The molecule has 78 valence electrons. The van der Waals surface area contributed by atoms with Gasteiger partial charge >= 0.3 is 0 Å². The van der Waals surface area contributed by atoms with Crippen molar-refractivity contribution in [3.05, 3.63) is 12.2 Å². The van der Waals surface area contributed by atoms with Crippen LogP contribution in [0.5, 0.6) is 0 Å². The highest BCUT2D eigenvalue weighted by Crippen LogP contribution is 2.25. The Hall–Kier alpha value is -0.260. The molecule has 13 heavy (non-hydrogen) atoms. The van der Waals surface area contributed by atoms with Gasteiger partial charge in [0.15, 0.2) is 0 Å². The molecule has 0 aliphatic carbocycles. The summed E-state index contributed by atoms with van der Waals surface area (Å²) >= 11 is 0. The van der Waals surface area contributed by atoms with Crippen molar-refractivity contribution >= 4 is 0 Å². The van der Waals surface area contributed by atoms with E-state index in [2.05, 4.69) is 41.2 Å². The fraction of sp³-hybridized carbons (Fsp3) is 0.846. The molecule has 0 heteroatoms. The van der Waals surface area contributed by atoms with Crippen molar-refractivity contribution in [1.82, 2.24) is 0 Å². The first-order chi connectivity index (χ1) is 5.85. The van der Waals surface area contributed by atoms with E-state index in [0.29, 0.717) is 5.41 Å². The third-order valence-corrected chi connectivity index (χ3v) is 2.56. The van der Waals surface area contributed by atoms with Crippen molar-refractivity contribution in [1.29, 1.82) is 0 Å². The van der Waals surface area contributed by atoms with Gasteiger partial charge in [-0.1, -0.05) is 53.2 Å². The van der Waals surface area contributed by atoms with E-state index in [0.717, 1.165) is 5.92 Å². The molecule has 0 saturated heterocycles. The average molecular weight is 182 g/mol. The largest absolute Gasteiger partial charge is 0.0999 e. The predicted molar refractivity (Wildman–Crippen MR) is 61.9 cm³/mol. The fourth-order valence-electron chi connectivity index (χ4n) is 1.29. The highest BCUT2D eigenvalue weighted by atomic mass is 14.2. The van der Waals surface area contributed by atoms with Crippen LogP contribution >= 0.6 is 0 Å². The molecular weight excluding hydrogens is 156 g/mol. The average Bonchev–Trinajstić information content (AvgIpc) is 1.99. The van der Waals surface area contributed by atoms with Gasteiger partial charge in [0, 0.05) is 0 Å². The van der Waals surface area contributed by atoms with E-state index in [1.165, 1.54) is 31.3 Å². The van der Waals surface area contributed by atoms with Crippen LogP contribution in [0.1, 0.15) is 60.3 Å². The van der Waals surface area contributed by atoms with Gasteiger partial charge in [0.25, 0.3) is 0 Å². The van der Waals surface area contributed by atoms with Crippen molar-refractivity contribution in [2.45, 2.75) is 60.3 Å². The van der Waals surface area contributed by atoms with Gasteiger partial charge in [-0.05, 0) is 30.6 Å². The Bertz CT molecular complexity index is 148. The van der Waals surface area contributed by atoms with E-state index in [4.69, 9.17) is 0 Å². The number of allylic oxidation sites excluding steroid dienone is 1. The Morgan fingerprint density at radius 3 is 2.23 bits per heavy atom. The minimum Gasteiger partial charge on any atom is -0.0999 e. The van der Waals surface area contributed by atoms with Crippen molar-refractivity contribution in [3.8, 4) is 0 Å². The van der Waals surface area contributed by atoms with E-state index in [1.54, 1.807) is 0 Å². The number of hydrogen-bond acceptors (Lipinski definition) is 0. The Morgan fingerprint density at radius 2 is 1.85 bits per heavy atom. The molecule has 1 unspecified atom stereocenters. The van der Waals surface area contributed by atoms with Gasteiger partial charge < -0.3 is 0 Å². The van der Waals surface area contributed by atoms with Gasteiger partial charge in [-0.2, -0.15) is 0 Å². The molecule has 0 aliphatic rings. The lowest BCUT2D eigenvalue weighted by Crippen LogP contribution is -2.05. The number of rotatable bonds is 5. The summed E-state index contributed by atoms with van der Waals surface area (Å²) in [5.41, 5.74) is 1.89. The first kappa shape index (κ1) is 12.7. The molecule has 1 atom stereocenters. The smallest absolute Gasteiger partial charge is 0.0297 e. The summed E-state index contributed by atoms with van der Waals surface area (Å²) in [7, 11) is 0. The van der Waals surface area contributed by atoms with Crippen molar-refractivity contribution in [2.75, 3.05) is 0 Å². The Balaban J connectivity index is 3.64. The van der Waals surface area contributed by atoms with Crippen molar-refractivity contribution < 1.29 is 0 Å². The highest BCUT2D eigenvalue weighted by molar-refractivity contribution is 4.95. The maximum Gasteiger partial charge on any atom is -0.0297 e. The third kappa shape index (κ3) is 8.08. The Morgan fingerprint density at radius 1 is 1.31 bits per heavy atom. The Kier molecular flexibility index (Phi) is 5.36. The molecule has 0 rings (SSSR count). The lowest BCUT2D eigenvalue weighted by Gasteiger charge is -2.19. The molecule has 0 aromatic rings. The molecule has 0 spiro atoms. The van der Waals surface area contributed by atoms with E-state index >= 15 is 0 Å². The molecule has 0 aromatic heterocycles. The molecule has 0 fully saturated rings. The monoisotopic (exact) mass is 182 g/mol. The van der Waals surface area contributed by atoms with Crippen molar-refractivity contribution in [2.24, 2.45) is 11.3 Å². The topological polar surface area (TPSA) is 0 Å². The molecule has 0 bridgehead atoms. The van der Waals surface area contributed by atoms with Crippen LogP contribution in [0.15, 0.2) is 12.2 Å². The van der Waals surface area contributed by atoms with Crippen LogP contribution in [0.4, 0.5) is 0 Å². The highest BCUT2D eigenvalue weighted by Gasteiger charge is 2.11. The predicted octanol–water partition coefficient (Wildman–Crippen LogP) is 4.81. The summed E-state index contributed by atoms with van der Waals surface area (Å²) in [4.78, 5) is 0. The van der Waals surface area contributed by atoms with E-state index in [9.17, 15) is 0 Å². The lowest BCUT2D eigenvalue weighted by molar-refractivity contribution is 0.372. The molecule has 0 radical (unpaired) electrons. The molecule has 0 amide bonds. The molecular formula is C13H26. The maximum absolute atomic E-state index is 4.15. The maximum atomic E-state index is 4.15. The van der Waals surface area contributed by atoms with Crippen LogP contribution in [0, 0.1) is 11.3 Å². The van der Waals surface area contributed by atoms with Gasteiger partial charge in [0.1, 0.15) is 0 Å². The van der Waals surface area contributed by atoms with Crippen LogP contribution in [-0.2, 0) is 0 Å². The Labute approximate surface area is 84.4 Å². The summed E-state index contributed by atoms with van der Waals surface area (Å²) in [6.07, 6.45) is 4.96. The van der Waals surface area contributed by atoms with Crippen LogP contribution in [-0.4, -0.2) is 0 Å². The van der Waals surface area contributed by atoms with Crippen LogP contribution in [0.3, 0.4) is 0 Å². The third-order valence-electron chi connectivity index (χ3n) is 2.56. The van der Waals surface area contributed by atoms with Gasteiger partial charge in [-0.25, -0.2) is 0 Å². The van der Waals surface area contributed by atoms with E-state index in [-0.39, 0.29) is 0 Å². The minimum atomic E-state index is 0.457. The molecule has 0 N–H and O–H groups in total. The van der Waals surface area contributed by atoms with E-state index < -0.39 is 0 Å². The minimum absolute atomic E-state index is 0.457. The normalized spacial score (nSPS) is 14.2. The van der Waals surface area contributed by atoms with Crippen LogP contribution in [0.25, 0.3) is 0 Å². The fourth-order valence-corrected chi connectivity index (χ4v) is 1.29. The van der Waals surface area contributed by atoms with E-state index in [1.807, 2.05) is 0 Å². The summed E-state index contributed by atoms with van der Waals surface area (Å²) in [6.45, 7) is 15.6. The molecule has 0 nitrogen and oxygen atoms in total. The molecule has 0 heterocycles. The zero-order chi connectivity index (χ0) is 10.5. The summed E-state index contributed by atoms with van der Waals surface area (Å²) in [6, 6.07) is 0. The van der Waals surface area contributed by atoms with Crippen LogP contribution < -0.4 is 0 Å². The second kappa shape index (κ2) is 5.47. The summed E-state index contributed by atoms with van der Waals surface area (Å²) in [5, 5.41) is 0. The standard InChI is InChI=1S/C13H26/c1-7-11(2)10-12(3)8-9-13(4,5)6/h11H,3,7-10H2,1-2,4-6H3. The first-order valence-corrected chi connectivity index (χ1v) is 5.52. The first-order valence-electron chi connectivity index (χ1n) is 5.52. The van der Waals surface area contributed by atoms with Gasteiger partial charge in [0.2, 0.25) is 0 Å². The zero-order valence-electron chi connectivity index (χ0n) is 10.1. The molecule has 0 aliphatic heterocycles. The zero-order valence-corrected chi connectivity index (χ0v) is 10.1. The second-order valence-electron chi connectivity index (χ2n) is 5.53. The summed E-state index contributed by atoms with van der Waals surface area (Å²) in [5.74, 6) is 0.812. The lowest BCUT2D eigenvalue weighted by atomic mass is 9.87. The van der Waals surface area contributed by atoms with Gasteiger partial charge in [-0.15, -0.1) is 0 Å². The number of hydrogen-bond donors (Lipinski definition) is 0. The SMILES string of the molecule is C=C(CCC(C)(C)C)CC(C)CC. The molecule has 0 aromatic carbocycles. The van der Waals surface area contributed by atoms with Gasteiger partial charge in [-0.3, -0.25) is 0 Å². The summed E-state index contributed by atoms with van der Waals surface area (Å²) < 4.78 is 0. The second-order valence-corrected chi connectivity index (χ2v) is 5.53. The van der Waals surface area contributed by atoms with Gasteiger partial charge in [0.05, 0.1) is 0 Å². The van der Waals surface area contributed by atoms with Crippen molar-refractivity contribution in [3.63, 3.8) is 0 Å².